The summed E-state index contributed by atoms with van der Waals surface area (Å²) < 4.78 is 44.2. The maximum absolute atomic E-state index is 13.0. The quantitative estimate of drug-likeness (QED) is 0.802. The largest absolute Gasteiger partial charge is 0.492 e. The first kappa shape index (κ1) is 15.1. The minimum atomic E-state index is -3.60. The van der Waals surface area contributed by atoms with Crippen LogP contribution < -0.4 is 15.2 Å². The average molecular weight is 310 g/mol. The molecule has 0 aliphatic heterocycles. The van der Waals surface area contributed by atoms with E-state index in [1.807, 2.05) is 0 Å². The number of halogens is 1. The predicted octanol–water partition coefficient (Wildman–Crippen LogP) is 2.23. The van der Waals surface area contributed by atoms with Crippen molar-refractivity contribution in [3.05, 3.63) is 54.3 Å². The van der Waals surface area contributed by atoms with Crippen molar-refractivity contribution in [2.75, 3.05) is 22.8 Å². The minimum Gasteiger partial charge on any atom is -0.492 e. The molecule has 2 aromatic carbocycles. The van der Waals surface area contributed by atoms with Gasteiger partial charge in [0.05, 0.1) is 5.69 Å². The maximum Gasteiger partial charge on any atom is 0.236 e. The van der Waals surface area contributed by atoms with Gasteiger partial charge in [-0.25, -0.2) is 12.8 Å². The Morgan fingerprint density at radius 2 is 1.90 bits per heavy atom. The third-order valence-electron chi connectivity index (χ3n) is 2.58. The Hall–Kier alpha value is -2.28. The minimum absolute atomic E-state index is 0.0336. The average Bonchev–Trinajstić information content (AvgIpc) is 2.38. The lowest BCUT2D eigenvalue weighted by molar-refractivity contribution is 0.341. The number of hydrogen-bond acceptors (Lipinski definition) is 4. The van der Waals surface area contributed by atoms with Crippen LogP contribution in [0.4, 0.5) is 15.8 Å². The second kappa shape index (κ2) is 6.45. The fourth-order valence-electron chi connectivity index (χ4n) is 1.66. The number of benzene rings is 2. The Morgan fingerprint density at radius 3 is 2.62 bits per heavy atom. The summed E-state index contributed by atoms with van der Waals surface area (Å²) in [6.45, 7) is -0.0336. The number of hydrogen-bond donors (Lipinski definition) is 2. The molecular weight excluding hydrogens is 295 g/mol. The van der Waals surface area contributed by atoms with Gasteiger partial charge in [-0.2, -0.15) is 0 Å². The van der Waals surface area contributed by atoms with Gasteiger partial charge in [0.25, 0.3) is 0 Å². The van der Waals surface area contributed by atoms with E-state index < -0.39 is 15.8 Å². The van der Waals surface area contributed by atoms with Gasteiger partial charge in [-0.1, -0.05) is 12.1 Å². The summed E-state index contributed by atoms with van der Waals surface area (Å²) in [7, 11) is -3.60. The first-order chi connectivity index (χ1) is 9.94. The number of rotatable bonds is 6. The second-order valence-corrected chi connectivity index (χ2v) is 6.19. The standard InChI is InChI=1S/C14H15FN2O3S/c15-11-3-1-5-13(9-11)17-21(18,19)8-7-20-14-6-2-4-12(16)10-14/h1-6,9-10,17H,7-8,16H2. The summed E-state index contributed by atoms with van der Waals surface area (Å²) in [6.07, 6.45) is 0. The molecule has 0 bridgehead atoms. The Kier molecular flexibility index (Phi) is 4.64. The van der Waals surface area contributed by atoms with Crippen molar-refractivity contribution in [2.45, 2.75) is 0 Å². The van der Waals surface area contributed by atoms with Crippen LogP contribution >= 0.6 is 0 Å². The van der Waals surface area contributed by atoms with E-state index in [0.29, 0.717) is 11.4 Å². The number of sulfonamides is 1. The van der Waals surface area contributed by atoms with E-state index in [4.69, 9.17) is 10.5 Å². The summed E-state index contributed by atoms with van der Waals surface area (Å²) in [5.74, 6) is -0.264. The first-order valence-electron chi connectivity index (χ1n) is 6.19. The highest BCUT2D eigenvalue weighted by atomic mass is 32.2. The zero-order chi connectivity index (χ0) is 15.3. The van der Waals surface area contributed by atoms with Gasteiger partial charge in [0.15, 0.2) is 0 Å². The van der Waals surface area contributed by atoms with E-state index in [2.05, 4.69) is 4.72 Å². The highest BCUT2D eigenvalue weighted by Crippen LogP contribution is 2.15. The van der Waals surface area contributed by atoms with Crippen molar-refractivity contribution in [2.24, 2.45) is 0 Å². The molecule has 0 saturated heterocycles. The summed E-state index contributed by atoms with van der Waals surface area (Å²) >= 11 is 0. The molecule has 0 aliphatic carbocycles. The molecule has 5 nitrogen and oxygen atoms in total. The molecule has 0 fully saturated rings. The lowest BCUT2D eigenvalue weighted by Gasteiger charge is -2.09. The monoisotopic (exact) mass is 310 g/mol. The van der Waals surface area contributed by atoms with Gasteiger partial charge in [0.1, 0.15) is 23.9 Å². The van der Waals surface area contributed by atoms with Crippen LogP contribution in [-0.4, -0.2) is 20.8 Å². The van der Waals surface area contributed by atoms with Crippen molar-refractivity contribution < 1.29 is 17.5 Å². The topological polar surface area (TPSA) is 81.4 Å². The molecule has 0 heterocycles. The van der Waals surface area contributed by atoms with Crippen molar-refractivity contribution in [3.63, 3.8) is 0 Å². The van der Waals surface area contributed by atoms with Crippen LogP contribution in [0.25, 0.3) is 0 Å². The first-order valence-corrected chi connectivity index (χ1v) is 7.84. The van der Waals surface area contributed by atoms with E-state index in [1.54, 1.807) is 24.3 Å². The second-order valence-electron chi connectivity index (χ2n) is 4.35. The molecule has 0 radical (unpaired) electrons. The Morgan fingerprint density at radius 1 is 1.14 bits per heavy atom. The molecule has 0 aromatic heterocycles. The SMILES string of the molecule is Nc1cccc(OCCS(=O)(=O)Nc2cccc(F)c2)c1. The molecule has 112 valence electrons. The molecule has 2 rings (SSSR count). The molecule has 0 saturated carbocycles. The zero-order valence-electron chi connectivity index (χ0n) is 11.1. The maximum atomic E-state index is 13.0. The highest BCUT2D eigenvalue weighted by Gasteiger charge is 2.11. The molecule has 0 amide bonds. The lowest BCUT2D eigenvalue weighted by atomic mass is 10.3. The number of ether oxygens (including phenoxy) is 1. The molecule has 7 heteroatoms. The number of nitrogens with two attached hydrogens (primary N) is 1. The van der Waals surface area contributed by atoms with Gasteiger partial charge in [-0.15, -0.1) is 0 Å². The molecule has 0 atom stereocenters. The third-order valence-corrected chi connectivity index (χ3v) is 3.83. The number of nitrogens with one attached hydrogen (secondary N) is 1. The van der Waals surface area contributed by atoms with Crippen LogP contribution in [-0.2, 0) is 10.0 Å². The summed E-state index contributed by atoms with van der Waals surface area (Å²) in [4.78, 5) is 0. The molecule has 3 N–H and O–H groups in total. The van der Waals surface area contributed by atoms with E-state index in [1.165, 1.54) is 18.2 Å². The zero-order valence-corrected chi connectivity index (χ0v) is 11.9. The van der Waals surface area contributed by atoms with Crippen LogP contribution in [0.1, 0.15) is 0 Å². The fourth-order valence-corrected chi connectivity index (χ4v) is 2.55. The smallest absolute Gasteiger partial charge is 0.236 e. The Bertz CT molecular complexity index is 720. The lowest BCUT2D eigenvalue weighted by Crippen LogP contribution is -2.21. The van der Waals surface area contributed by atoms with Gasteiger partial charge >= 0.3 is 0 Å². The van der Waals surface area contributed by atoms with Crippen LogP contribution in [0.15, 0.2) is 48.5 Å². The number of anilines is 2. The van der Waals surface area contributed by atoms with Crippen LogP contribution in [0, 0.1) is 5.82 Å². The molecule has 0 spiro atoms. The summed E-state index contributed by atoms with van der Waals surface area (Å²) in [6, 6.07) is 11.9. The van der Waals surface area contributed by atoms with Gasteiger partial charge in [-0.05, 0) is 30.3 Å². The van der Waals surface area contributed by atoms with Gasteiger partial charge in [0, 0.05) is 11.8 Å². The van der Waals surface area contributed by atoms with Gasteiger partial charge < -0.3 is 10.5 Å². The molecule has 0 unspecified atom stereocenters. The summed E-state index contributed by atoms with van der Waals surface area (Å²) in [5, 5.41) is 0. The van der Waals surface area contributed by atoms with Crippen molar-refractivity contribution in [1.82, 2.24) is 0 Å². The Balaban J connectivity index is 1.90. The number of nitrogen functional groups attached to an aromatic ring is 1. The Labute approximate surface area is 122 Å². The van der Waals surface area contributed by atoms with Crippen molar-refractivity contribution in [3.8, 4) is 5.75 Å². The fraction of sp³-hybridized carbons (Fsp3) is 0.143. The van der Waals surface area contributed by atoms with Gasteiger partial charge in [0.2, 0.25) is 10.0 Å². The molecule has 21 heavy (non-hydrogen) atoms. The van der Waals surface area contributed by atoms with Crippen LogP contribution in [0.3, 0.4) is 0 Å². The van der Waals surface area contributed by atoms with Crippen LogP contribution in [0.2, 0.25) is 0 Å². The van der Waals surface area contributed by atoms with Gasteiger partial charge in [-0.3, -0.25) is 4.72 Å². The molecule has 2 aromatic rings. The van der Waals surface area contributed by atoms with Crippen LogP contribution in [0.5, 0.6) is 5.75 Å². The normalized spacial score (nSPS) is 11.1. The van der Waals surface area contributed by atoms with E-state index >= 15 is 0 Å². The predicted molar refractivity (Wildman–Crippen MR) is 80.2 cm³/mol. The molecule has 0 aliphatic rings. The van der Waals surface area contributed by atoms with E-state index in [9.17, 15) is 12.8 Å². The van der Waals surface area contributed by atoms with Crippen molar-refractivity contribution in [1.29, 1.82) is 0 Å². The van der Waals surface area contributed by atoms with E-state index in [-0.39, 0.29) is 18.0 Å². The molecular formula is C14H15FN2O3S. The van der Waals surface area contributed by atoms with Crippen molar-refractivity contribution >= 4 is 21.4 Å². The highest BCUT2D eigenvalue weighted by molar-refractivity contribution is 7.92. The third kappa shape index (κ3) is 4.96. The van der Waals surface area contributed by atoms with E-state index in [0.717, 1.165) is 6.07 Å². The summed E-state index contributed by atoms with van der Waals surface area (Å²) in [5.41, 5.74) is 6.30.